The Morgan fingerprint density at radius 1 is 1.17 bits per heavy atom. The summed E-state index contributed by atoms with van der Waals surface area (Å²) in [5, 5.41) is 10.7. The summed E-state index contributed by atoms with van der Waals surface area (Å²) in [5.74, 6) is -0.415. The van der Waals surface area contributed by atoms with Crippen molar-refractivity contribution < 1.29 is 13.6 Å². The third kappa shape index (κ3) is 4.12. The summed E-state index contributed by atoms with van der Waals surface area (Å²) < 4.78 is 20.0. The molecule has 122 valence electrons. The fraction of sp³-hybridized carbons (Fsp3) is 0.0625. The summed E-state index contributed by atoms with van der Waals surface area (Å²) in [5.41, 5.74) is 0.987. The predicted molar refractivity (Wildman–Crippen MR) is 98.2 cm³/mol. The summed E-state index contributed by atoms with van der Waals surface area (Å²) in [6.07, 6.45) is 0. The smallest absolute Gasteiger partial charge is 0.277 e. The summed E-state index contributed by atoms with van der Waals surface area (Å²) in [7, 11) is 0. The van der Waals surface area contributed by atoms with Crippen LogP contribution in [0.2, 0.25) is 0 Å². The van der Waals surface area contributed by atoms with E-state index in [9.17, 15) is 9.18 Å². The molecule has 1 heterocycles. The maximum Gasteiger partial charge on any atom is 0.277 e. The van der Waals surface area contributed by atoms with Gasteiger partial charge in [-0.25, -0.2) is 4.39 Å². The van der Waals surface area contributed by atoms with Crippen molar-refractivity contribution in [2.45, 2.75) is 5.22 Å². The summed E-state index contributed by atoms with van der Waals surface area (Å²) in [6.45, 7) is 0. The SMILES string of the molecule is O=C(CSc1nnc(-c2ccccc2F)o1)Nc1ccccc1I. The van der Waals surface area contributed by atoms with E-state index in [1.807, 2.05) is 24.3 Å². The number of halogens is 2. The fourth-order valence-corrected chi connectivity index (χ4v) is 2.97. The largest absolute Gasteiger partial charge is 0.411 e. The molecule has 3 rings (SSSR count). The van der Waals surface area contributed by atoms with Crippen LogP contribution < -0.4 is 5.32 Å². The highest BCUT2D eigenvalue weighted by Crippen LogP contribution is 2.25. The van der Waals surface area contributed by atoms with Crippen molar-refractivity contribution in [2.75, 3.05) is 11.1 Å². The topological polar surface area (TPSA) is 68.0 Å². The number of carbonyl (C=O) groups is 1. The monoisotopic (exact) mass is 455 g/mol. The van der Waals surface area contributed by atoms with Crippen molar-refractivity contribution in [1.29, 1.82) is 0 Å². The molecule has 0 atom stereocenters. The van der Waals surface area contributed by atoms with E-state index in [1.54, 1.807) is 18.2 Å². The third-order valence-electron chi connectivity index (χ3n) is 2.99. The predicted octanol–water partition coefficient (Wildman–Crippen LogP) is 4.21. The van der Waals surface area contributed by atoms with E-state index in [-0.39, 0.29) is 28.3 Å². The summed E-state index contributed by atoms with van der Waals surface area (Å²) >= 11 is 3.25. The van der Waals surface area contributed by atoms with Crippen molar-refractivity contribution in [3.8, 4) is 11.5 Å². The zero-order valence-electron chi connectivity index (χ0n) is 12.2. The number of para-hydroxylation sites is 1. The van der Waals surface area contributed by atoms with Crippen molar-refractivity contribution in [2.24, 2.45) is 0 Å². The van der Waals surface area contributed by atoms with Gasteiger partial charge >= 0.3 is 0 Å². The van der Waals surface area contributed by atoms with E-state index >= 15 is 0 Å². The molecule has 0 bridgehead atoms. The van der Waals surface area contributed by atoms with Crippen molar-refractivity contribution in [3.05, 3.63) is 57.9 Å². The molecule has 8 heteroatoms. The van der Waals surface area contributed by atoms with Gasteiger partial charge in [-0.1, -0.05) is 36.0 Å². The Kier molecular flexibility index (Phi) is 5.46. The minimum absolute atomic E-state index is 0.0913. The van der Waals surface area contributed by atoms with Gasteiger partial charge in [0, 0.05) is 3.57 Å². The lowest BCUT2D eigenvalue weighted by molar-refractivity contribution is -0.113. The first-order valence-corrected chi connectivity index (χ1v) is 8.95. The molecule has 0 radical (unpaired) electrons. The number of carbonyl (C=O) groups excluding carboxylic acids is 1. The van der Waals surface area contributed by atoms with E-state index < -0.39 is 5.82 Å². The molecule has 1 N–H and O–H groups in total. The quantitative estimate of drug-likeness (QED) is 0.461. The molecule has 24 heavy (non-hydrogen) atoms. The lowest BCUT2D eigenvalue weighted by atomic mass is 10.2. The molecule has 0 saturated carbocycles. The van der Waals surface area contributed by atoms with Gasteiger partial charge in [0.15, 0.2) is 0 Å². The number of nitrogens with one attached hydrogen (secondary N) is 1. The first kappa shape index (κ1) is 16.9. The van der Waals surface area contributed by atoms with Crippen molar-refractivity contribution in [3.63, 3.8) is 0 Å². The fourth-order valence-electron chi connectivity index (χ4n) is 1.89. The molecular weight excluding hydrogens is 444 g/mol. The van der Waals surface area contributed by atoms with Gasteiger partial charge in [0.25, 0.3) is 11.1 Å². The highest BCUT2D eigenvalue weighted by atomic mass is 127. The Hall–Kier alpha value is -1.94. The number of rotatable bonds is 5. The number of aromatic nitrogens is 2. The second-order valence-electron chi connectivity index (χ2n) is 4.67. The maximum absolute atomic E-state index is 13.7. The molecule has 0 saturated heterocycles. The number of nitrogens with zero attached hydrogens (tertiary/aromatic N) is 2. The van der Waals surface area contributed by atoms with Gasteiger partial charge in [-0.05, 0) is 46.9 Å². The van der Waals surface area contributed by atoms with Crippen LogP contribution in [0.5, 0.6) is 0 Å². The van der Waals surface area contributed by atoms with Crippen LogP contribution in [0.3, 0.4) is 0 Å². The Morgan fingerprint density at radius 3 is 2.71 bits per heavy atom. The molecule has 2 aromatic carbocycles. The van der Waals surface area contributed by atoms with Crippen LogP contribution in [0.15, 0.2) is 58.2 Å². The molecule has 0 aliphatic carbocycles. The van der Waals surface area contributed by atoms with E-state index in [0.29, 0.717) is 0 Å². The lowest BCUT2D eigenvalue weighted by Crippen LogP contribution is -2.14. The second kappa shape index (κ2) is 7.75. The van der Waals surface area contributed by atoms with Crippen LogP contribution >= 0.6 is 34.4 Å². The van der Waals surface area contributed by atoms with E-state index in [0.717, 1.165) is 21.0 Å². The molecule has 1 amide bonds. The maximum atomic E-state index is 13.7. The highest BCUT2D eigenvalue weighted by Gasteiger charge is 2.14. The van der Waals surface area contributed by atoms with Crippen LogP contribution in [0.25, 0.3) is 11.5 Å². The highest BCUT2D eigenvalue weighted by molar-refractivity contribution is 14.1. The Morgan fingerprint density at radius 2 is 1.92 bits per heavy atom. The number of anilines is 1. The summed E-state index contributed by atoms with van der Waals surface area (Å²) in [6, 6.07) is 13.6. The van der Waals surface area contributed by atoms with Crippen LogP contribution in [-0.4, -0.2) is 21.9 Å². The minimum atomic E-state index is -0.436. The number of amides is 1. The molecule has 0 aliphatic rings. The second-order valence-corrected chi connectivity index (χ2v) is 6.76. The molecular formula is C16H11FIN3O2S. The Labute approximate surface area is 155 Å². The molecule has 1 aromatic heterocycles. The minimum Gasteiger partial charge on any atom is -0.411 e. The Balaban J connectivity index is 1.61. The Bertz CT molecular complexity index is 872. The van der Waals surface area contributed by atoms with Gasteiger partial charge in [0.1, 0.15) is 5.82 Å². The van der Waals surface area contributed by atoms with E-state index in [1.165, 1.54) is 6.07 Å². The third-order valence-corrected chi connectivity index (χ3v) is 4.74. The lowest BCUT2D eigenvalue weighted by Gasteiger charge is -2.05. The number of benzene rings is 2. The van der Waals surface area contributed by atoms with Gasteiger partial charge in [0.2, 0.25) is 5.91 Å². The van der Waals surface area contributed by atoms with Gasteiger partial charge in [-0.15, -0.1) is 10.2 Å². The van der Waals surface area contributed by atoms with Crippen LogP contribution in [0.1, 0.15) is 0 Å². The van der Waals surface area contributed by atoms with E-state index in [4.69, 9.17) is 4.42 Å². The average Bonchev–Trinajstić information content (AvgIpc) is 3.04. The van der Waals surface area contributed by atoms with Gasteiger partial charge < -0.3 is 9.73 Å². The summed E-state index contributed by atoms with van der Waals surface area (Å²) in [4.78, 5) is 12.0. The molecule has 5 nitrogen and oxygen atoms in total. The molecule has 3 aromatic rings. The normalized spacial score (nSPS) is 10.6. The van der Waals surface area contributed by atoms with E-state index in [2.05, 4.69) is 38.1 Å². The number of hydrogen-bond acceptors (Lipinski definition) is 5. The van der Waals surface area contributed by atoms with Crippen LogP contribution in [0, 0.1) is 9.39 Å². The first-order valence-electron chi connectivity index (χ1n) is 6.89. The zero-order chi connectivity index (χ0) is 16.9. The van der Waals surface area contributed by atoms with Crippen LogP contribution in [0.4, 0.5) is 10.1 Å². The molecule has 0 aliphatic heterocycles. The zero-order valence-corrected chi connectivity index (χ0v) is 15.2. The van der Waals surface area contributed by atoms with Gasteiger partial charge in [-0.3, -0.25) is 4.79 Å². The number of thioether (sulfide) groups is 1. The first-order chi connectivity index (χ1) is 11.6. The van der Waals surface area contributed by atoms with Gasteiger partial charge in [-0.2, -0.15) is 0 Å². The van der Waals surface area contributed by atoms with Crippen molar-refractivity contribution >= 4 is 45.9 Å². The van der Waals surface area contributed by atoms with Gasteiger partial charge in [0.05, 0.1) is 17.0 Å². The van der Waals surface area contributed by atoms with Crippen molar-refractivity contribution in [1.82, 2.24) is 10.2 Å². The number of hydrogen-bond donors (Lipinski definition) is 1. The molecule has 0 spiro atoms. The van der Waals surface area contributed by atoms with Crippen LogP contribution in [-0.2, 0) is 4.79 Å². The molecule has 0 fully saturated rings. The molecule has 0 unspecified atom stereocenters. The average molecular weight is 455 g/mol. The standard InChI is InChI=1S/C16H11FIN3O2S/c17-11-6-2-1-5-10(11)15-20-21-16(23-15)24-9-14(22)19-13-8-4-3-7-12(13)18/h1-8H,9H2,(H,19,22).